The Morgan fingerprint density at radius 1 is 0.891 bits per heavy atom. The van der Waals surface area contributed by atoms with Gasteiger partial charge in [-0.3, -0.25) is 29.4 Å². The summed E-state index contributed by atoms with van der Waals surface area (Å²) in [5.41, 5.74) is 1.95. The Labute approximate surface area is 321 Å². The zero-order valence-corrected chi connectivity index (χ0v) is 31.5. The van der Waals surface area contributed by atoms with Gasteiger partial charge in [0.1, 0.15) is 0 Å². The summed E-state index contributed by atoms with van der Waals surface area (Å²) >= 11 is 5.77. The highest BCUT2D eigenvalue weighted by molar-refractivity contribution is 7.80. The molecule has 2 aliphatic rings. The minimum Gasteiger partial charge on any atom is -0.368 e. The van der Waals surface area contributed by atoms with Crippen LogP contribution in [0.3, 0.4) is 0 Å². The number of nitro benzene ring substituents is 1. The van der Waals surface area contributed by atoms with Gasteiger partial charge in [0, 0.05) is 73.5 Å². The van der Waals surface area contributed by atoms with E-state index < -0.39 is 47.0 Å². The van der Waals surface area contributed by atoms with Gasteiger partial charge >= 0.3 is 12.6 Å². The van der Waals surface area contributed by atoms with Crippen molar-refractivity contribution in [1.29, 1.82) is 0 Å². The number of H-pyrrole nitrogens is 1. The number of rotatable bonds is 11. The monoisotopic (exact) mass is 786 g/mol. The normalized spacial score (nSPS) is 20.9. The number of benzene rings is 4. The number of piperazine rings is 1. The summed E-state index contributed by atoms with van der Waals surface area (Å²) in [6.45, 7) is -1.46. The highest BCUT2D eigenvalue weighted by atomic mass is 35.7. The van der Waals surface area contributed by atoms with Gasteiger partial charge in [0.2, 0.25) is 0 Å². The first-order chi connectivity index (χ1) is 26.4. The minimum absolute atomic E-state index is 0.0427. The van der Waals surface area contributed by atoms with Crippen molar-refractivity contribution >= 4 is 29.6 Å². The van der Waals surface area contributed by atoms with Crippen LogP contribution < -0.4 is 16.1 Å². The molecule has 4 unspecified atom stereocenters. The van der Waals surface area contributed by atoms with Gasteiger partial charge in [0.25, 0.3) is 11.2 Å². The molecule has 286 valence electrons. The summed E-state index contributed by atoms with van der Waals surface area (Å²) in [5, 5.41) is 12.7. The van der Waals surface area contributed by atoms with E-state index in [1.807, 2.05) is 59.5 Å². The molecule has 1 aromatic heterocycles. The van der Waals surface area contributed by atoms with Crippen molar-refractivity contribution in [2.75, 3.05) is 37.6 Å². The van der Waals surface area contributed by atoms with Gasteiger partial charge in [-0.05, 0) is 42.2 Å². The van der Waals surface area contributed by atoms with E-state index in [0.29, 0.717) is 18.7 Å². The molecule has 2 fully saturated rings. The second-order valence-corrected chi connectivity index (χ2v) is 16.0. The number of hydroxylamine groups is 2. The van der Waals surface area contributed by atoms with Crippen molar-refractivity contribution in [1.82, 2.24) is 19.5 Å². The topological polar surface area (TPSA) is 163 Å². The summed E-state index contributed by atoms with van der Waals surface area (Å²) in [4.78, 5) is 53.7. The Morgan fingerprint density at radius 3 is 1.98 bits per heavy atom. The number of aromatic nitrogens is 2. The summed E-state index contributed by atoms with van der Waals surface area (Å²) in [7, 11) is 0. The fourth-order valence-corrected chi connectivity index (χ4v) is 8.56. The Bertz CT molecular complexity index is 2180. The molecule has 0 spiro atoms. The Hall–Kier alpha value is -4.92. The smallest absolute Gasteiger partial charge is 0.368 e. The Kier molecular flexibility index (Phi) is 11.2. The molecule has 0 radical (unpaired) electrons. The Morgan fingerprint density at radius 2 is 1.45 bits per heavy atom. The summed E-state index contributed by atoms with van der Waals surface area (Å²) in [6, 6.07) is 35.9. The van der Waals surface area contributed by atoms with E-state index in [2.05, 4.69) is 46.3 Å². The lowest BCUT2D eigenvalue weighted by molar-refractivity contribution is -0.384. The van der Waals surface area contributed by atoms with Crippen molar-refractivity contribution in [3.05, 3.63) is 175 Å². The number of nitrogens with one attached hydrogen (secondary N) is 1. The quantitative estimate of drug-likeness (QED) is 0.0721. The lowest BCUT2D eigenvalue weighted by atomic mass is 9.75. The predicted octanol–water partition coefficient (Wildman–Crippen LogP) is 5.80. The zero-order valence-electron chi connectivity index (χ0n) is 29.9. The summed E-state index contributed by atoms with van der Waals surface area (Å²) in [6.07, 6.45) is 0.260. The van der Waals surface area contributed by atoms with Crippen molar-refractivity contribution in [2.24, 2.45) is 0 Å². The van der Waals surface area contributed by atoms with Gasteiger partial charge in [-0.2, -0.15) is 5.06 Å². The number of hydrogen-bond donors (Lipinski definition) is 2. The third-order valence-electron chi connectivity index (χ3n) is 10.3. The van der Waals surface area contributed by atoms with E-state index in [1.54, 1.807) is 19.1 Å². The van der Waals surface area contributed by atoms with Gasteiger partial charge in [0.15, 0.2) is 6.23 Å². The predicted molar refractivity (Wildman–Crippen MR) is 208 cm³/mol. The van der Waals surface area contributed by atoms with Crippen LogP contribution in [0.4, 0.5) is 11.4 Å². The van der Waals surface area contributed by atoms with Crippen molar-refractivity contribution < 1.29 is 23.7 Å². The van der Waals surface area contributed by atoms with E-state index in [1.165, 1.54) is 28.0 Å². The molecule has 5 aromatic rings. The van der Waals surface area contributed by atoms with Gasteiger partial charge in [-0.1, -0.05) is 91.0 Å². The van der Waals surface area contributed by atoms with E-state index in [4.69, 9.17) is 20.6 Å². The molecule has 3 heterocycles. The van der Waals surface area contributed by atoms with Crippen LogP contribution in [-0.2, 0) is 19.5 Å². The number of nitro groups is 1. The average Bonchev–Trinajstić information content (AvgIpc) is 3.18. The molecule has 2 N–H and O–H groups in total. The van der Waals surface area contributed by atoms with Crippen LogP contribution in [0, 0.1) is 17.0 Å². The molecule has 4 aromatic carbocycles. The number of nitrogens with zero attached hydrogens (tertiary/aromatic N) is 5. The Balaban J connectivity index is 1.34. The summed E-state index contributed by atoms with van der Waals surface area (Å²) < 4.78 is 26.1. The van der Waals surface area contributed by atoms with E-state index >= 15 is 0 Å². The fraction of sp³-hybridized carbons (Fsp3) is 0.282. The molecule has 14 nitrogen and oxygen atoms in total. The van der Waals surface area contributed by atoms with Crippen LogP contribution in [0.2, 0.25) is 0 Å². The van der Waals surface area contributed by atoms with E-state index in [9.17, 15) is 29.2 Å². The lowest BCUT2D eigenvalue weighted by Crippen LogP contribution is -2.59. The maximum absolute atomic E-state index is 13.5. The average molecular weight is 787 g/mol. The van der Waals surface area contributed by atoms with Crippen LogP contribution in [0.5, 0.6) is 0 Å². The number of anilines is 1. The largest absolute Gasteiger partial charge is 0.438 e. The van der Waals surface area contributed by atoms with Crippen LogP contribution in [0.15, 0.2) is 131 Å². The van der Waals surface area contributed by atoms with Gasteiger partial charge in [-0.25, -0.2) is 14.0 Å². The summed E-state index contributed by atoms with van der Waals surface area (Å²) in [5.74, 6) is 0. The first-order valence-corrected chi connectivity index (χ1v) is 20.3. The maximum atomic E-state index is 13.5. The van der Waals surface area contributed by atoms with Gasteiger partial charge in [0.05, 0.1) is 22.6 Å². The number of aryl methyl sites for hydroxylation is 1. The molecule has 2 aliphatic heterocycles. The van der Waals surface area contributed by atoms with E-state index in [-0.39, 0.29) is 31.7 Å². The van der Waals surface area contributed by atoms with Crippen LogP contribution in [0.1, 0.15) is 34.9 Å². The van der Waals surface area contributed by atoms with Crippen molar-refractivity contribution in [3.63, 3.8) is 0 Å². The molecule has 0 aliphatic carbocycles. The second-order valence-electron chi connectivity index (χ2n) is 13.7. The minimum atomic E-state index is -4.50. The molecular weight excluding hydrogens is 747 g/mol. The van der Waals surface area contributed by atoms with Gasteiger partial charge in [-0.15, -0.1) is 0 Å². The number of halogens is 1. The highest BCUT2D eigenvalue weighted by Gasteiger charge is 2.47. The molecule has 7 rings (SSSR count). The number of ether oxygens (including phenoxy) is 1. The van der Waals surface area contributed by atoms with Crippen molar-refractivity contribution in [2.45, 2.75) is 37.3 Å². The van der Waals surface area contributed by atoms with E-state index in [0.717, 1.165) is 22.4 Å². The zero-order chi connectivity index (χ0) is 38.7. The number of aromatic amines is 1. The SMILES string of the molecule is Cc1cn(C2CN(C(c3ccccc3)(c3ccccc3)c3ccccc3)CC(CC3CN(c4ccc([N+](=O)[O-])cc4)CCN3OP(=O)(O)Cl)O2)c(=O)[nH]c1=O. The number of non-ortho nitro benzene ring substituents is 1. The third kappa shape index (κ3) is 8.21. The number of morpholine rings is 1. The number of hydrogen-bond acceptors (Lipinski definition) is 10. The molecule has 0 saturated carbocycles. The third-order valence-corrected chi connectivity index (χ3v) is 10.8. The molecule has 2 saturated heterocycles. The highest BCUT2D eigenvalue weighted by Crippen LogP contribution is 2.50. The molecule has 0 bridgehead atoms. The molecular formula is C39H40ClN6O8P. The molecule has 55 heavy (non-hydrogen) atoms. The van der Waals surface area contributed by atoms with Crippen LogP contribution >= 0.6 is 18.2 Å². The molecule has 4 atom stereocenters. The fourth-order valence-electron chi connectivity index (χ4n) is 7.85. The molecule has 16 heteroatoms. The lowest BCUT2D eigenvalue weighted by Gasteiger charge is -2.51. The first-order valence-electron chi connectivity index (χ1n) is 17.8. The standard InChI is InChI=1S/C39H40ClN6O8P/c1-28-24-44(38(48)41-37(28)47)36-27-43(39(29-11-5-2-6-12-29,30-13-7-3-8-14-30)31-15-9-4-10-16-31)26-35(53-36)23-34-25-42(21-22-45(34)54-55(40,51)52)32-17-19-33(20-18-32)46(49)50/h2-20,24,34-36H,21-23,25-27H2,1H3,(H,51,52)(H,41,47,48). The maximum Gasteiger partial charge on any atom is 0.438 e. The molecule has 0 amide bonds. The van der Waals surface area contributed by atoms with Crippen molar-refractivity contribution in [3.8, 4) is 0 Å². The van der Waals surface area contributed by atoms with Crippen LogP contribution in [-0.4, -0.2) is 74.2 Å². The second kappa shape index (κ2) is 16.0. The van der Waals surface area contributed by atoms with Crippen LogP contribution in [0.25, 0.3) is 0 Å². The van der Waals surface area contributed by atoms with Gasteiger partial charge < -0.3 is 14.5 Å². The first kappa shape index (κ1) is 38.4.